The van der Waals surface area contributed by atoms with Gasteiger partial charge in [0.2, 0.25) is 0 Å². The van der Waals surface area contributed by atoms with Crippen LogP contribution in [0.25, 0.3) is 0 Å². The van der Waals surface area contributed by atoms with Crippen LogP contribution in [-0.2, 0) is 18.2 Å². The maximum absolute atomic E-state index is 10.6. The summed E-state index contributed by atoms with van der Waals surface area (Å²) in [5.74, 6) is 0. The van der Waals surface area contributed by atoms with E-state index in [-0.39, 0.29) is 0 Å². The SMILES string of the molecule is CC(C)(N)CC(C)(C)C(O[P+](=O)O)O[P+](=O)O. The summed E-state index contributed by atoms with van der Waals surface area (Å²) in [5, 5.41) is 0. The van der Waals surface area contributed by atoms with Crippen molar-refractivity contribution in [3.8, 4) is 0 Å². The van der Waals surface area contributed by atoms with E-state index in [0.717, 1.165) is 0 Å². The lowest BCUT2D eigenvalue weighted by atomic mass is 9.80. The zero-order valence-electron chi connectivity index (χ0n) is 10.3. The van der Waals surface area contributed by atoms with Crippen molar-refractivity contribution < 1.29 is 28.0 Å². The molecular formula is C8H19NO6P2+2. The summed E-state index contributed by atoms with van der Waals surface area (Å²) < 4.78 is 30.5. The molecule has 0 heterocycles. The molecule has 9 heteroatoms. The van der Waals surface area contributed by atoms with E-state index in [0.29, 0.717) is 6.42 Å². The van der Waals surface area contributed by atoms with Gasteiger partial charge in [-0.05, 0) is 20.3 Å². The predicted molar refractivity (Wildman–Crippen MR) is 62.3 cm³/mol. The van der Waals surface area contributed by atoms with E-state index in [1.54, 1.807) is 27.7 Å². The number of hydrogen-bond donors (Lipinski definition) is 3. The summed E-state index contributed by atoms with van der Waals surface area (Å²) in [5.41, 5.74) is 4.47. The van der Waals surface area contributed by atoms with Crippen molar-refractivity contribution in [2.24, 2.45) is 11.1 Å². The molecule has 0 fully saturated rings. The molecule has 7 nitrogen and oxygen atoms in total. The Balaban J connectivity index is 4.87. The molecule has 0 aromatic carbocycles. The molecule has 0 aliphatic carbocycles. The highest BCUT2D eigenvalue weighted by Crippen LogP contribution is 2.40. The van der Waals surface area contributed by atoms with Crippen molar-refractivity contribution in [3.05, 3.63) is 0 Å². The molecule has 0 aliphatic rings. The van der Waals surface area contributed by atoms with Crippen LogP contribution < -0.4 is 5.73 Å². The van der Waals surface area contributed by atoms with Gasteiger partial charge in [-0.3, -0.25) is 0 Å². The summed E-state index contributed by atoms with van der Waals surface area (Å²) in [7, 11) is -5.86. The van der Waals surface area contributed by atoms with E-state index < -0.39 is 33.8 Å². The van der Waals surface area contributed by atoms with E-state index in [4.69, 9.17) is 15.5 Å². The standard InChI is InChI=1S/C8H17NO6P2/c1-7(2,5-8(3,4)9)6(14-16(10)11)15-17(12)13/h6H,5,9H2,1-4H3/p+2. The summed E-state index contributed by atoms with van der Waals surface area (Å²) in [4.78, 5) is 17.4. The summed E-state index contributed by atoms with van der Waals surface area (Å²) >= 11 is 0. The lowest BCUT2D eigenvalue weighted by Crippen LogP contribution is -2.43. The van der Waals surface area contributed by atoms with Crippen molar-refractivity contribution >= 4 is 16.5 Å². The van der Waals surface area contributed by atoms with Gasteiger partial charge in [-0.15, -0.1) is 9.79 Å². The molecule has 0 saturated heterocycles. The van der Waals surface area contributed by atoms with Crippen LogP contribution in [0.1, 0.15) is 34.1 Å². The Morgan fingerprint density at radius 3 is 1.71 bits per heavy atom. The maximum Gasteiger partial charge on any atom is 0.697 e. The first-order valence-electron chi connectivity index (χ1n) is 4.89. The normalized spacial score (nSPS) is 16.6. The average molecular weight is 287 g/mol. The Morgan fingerprint density at radius 1 is 1.12 bits per heavy atom. The summed E-state index contributed by atoms with van der Waals surface area (Å²) in [6.07, 6.45) is -0.913. The van der Waals surface area contributed by atoms with E-state index >= 15 is 0 Å². The molecule has 0 radical (unpaired) electrons. The molecule has 0 aromatic rings. The average Bonchev–Trinajstić information content (AvgIpc) is 1.95. The minimum Gasteiger partial charge on any atom is -0.326 e. The highest BCUT2D eigenvalue weighted by atomic mass is 31.1. The Morgan fingerprint density at radius 2 is 1.47 bits per heavy atom. The van der Waals surface area contributed by atoms with Gasteiger partial charge in [0.1, 0.15) is 0 Å². The summed E-state index contributed by atoms with van der Waals surface area (Å²) in [6, 6.07) is 0. The molecule has 0 aliphatic heterocycles. The van der Waals surface area contributed by atoms with Crippen molar-refractivity contribution in [2.75, 3.05) is 0 Å². The Labute approximate surface area is 102 Å². The van der Waals surface area contributed by atoms with Crippen LogP contribution in [0.5, 0.6) is 0 Å². The molecule has 0 rings (SSSR count). The fourth-order valence-corrected chi connectivity index (χ4v) is 2.78. The molecule has 0 spiro atoms. The van der Waals surface area contributed by atoms with E-state index in [1.165, 1.54) is 0 Å². The van der Waals surface area contributed by atoms with Crippen molar-refractivity contribution in [2.45, 2.75) is 45.9 Å². The van der Waals surface area contributed by atoms with Crippen LogP contribution in [0.3, 0.4) is 0 Å². The van der Waals surface area contributed by atoms with Gasteiger partial charge in [0, 0.05) is 20.1 Å². The largest absolute Gasteiger partial charge is 0.697 e. The first-order valence-corrected chi connectivity index (χ1v) is 7.15. The van der Waals surface area contributed by atoms with Crippen LogP contribution >= 0.6 is 16.5 Å². The first kappa shape index (κ1) is 17.0. The van der Waals surface area contributed by atoms with Gasteiger partial charge in [-0.1, -0.05) is 22.9 Å². The van der Waals surface area contributed by atoms with E-state index in [1.807, 2.05) is 0 Å². The number of rotatable bonds is 7. The van der Waals surface area contributed by atoms with Gasteiger partial charge < -0.3 is 5.73 Å². The highest BCUT2D eigenvalue weighted by Gasteiger charge is 2.46. The second-order valence-electron chi connectivity index (χ2n) is 5.17. The Bertz CT molecular complexity index is 285. The van der Waals surface area contributed by atoms with Crippen molar-refractivity contribution in [1.29, 1.82) is 0 Å². The van der Waals surface area contributed by atoms with Gasteiger partial charge in [-0.25, -0.2) is 0 Å². The zero-order valence-corrected chi connectivity index (χ0v) is 12.1. The first-order chi connectivity index (χ1) is 7.44. The van der Waals surface area contributed by atoms with Crippen LogP contribution in [0.15, 0.2) is 0 Å². The Kier molecular flexibility index (Phi) is 6.25. The fourth-order valence-electron chi connectivity index (χ4n) is 1.73. The maximum atomic E-state index is 10.6. The zero-order chi connectivity index (χ0) is 13.9. The lowest BCUT2D eigenvalue weighted by molar-refractivity contribution is -0.0913. The van der Waals surface area contributed by atoms with Gasteiger partial charge in [0.25, 0.3) is 6.29 Å². The van der Waals surface area contributed by atoms with E-state index in [9.17, 15) is 9.13 Å². The molecule has 0 saturated carbocycles. The third kappa shape index (κ3) is 7.84. The monoisotopic (exact) mass is 287 g/mol. The molecular weight excluding hydrogens is 268 g/mol. The molecule has 0 amide bonds. The van der Waals surface area contributed by atoms with Crippen LogP contribution in [0, 0.1) is 5.41 Å². The highest BCUT2D eigenvalue weighted by molar-refractivity contribution is 7.32. The second kappa shape index (κ2) is 6.25. The molecule has 2 atom stereocenters. The van der Waals surface area contributed by atoms with Gasteiger partial charge in [0.15, 0.2) is 0 Å². The predicted octanol–water partition coefficient (Wildman–Crippen LogP) is 1.80. The minimum absolute atomic E-state index is 0.372. The third-order valence-corrected chi connectivity index (χ3v) is 2.66. The minimum atomic E-state index is -2.93. The lowest BCUT2D eigenvalue weighted by Gasteiger charge is -2.32. The second-order valence-corrected chi connectivity index (χ2v) is 6.55. The van der Waals surface area contributed by atoms with Crippen LogP contribution in [-0.4, -0.2) is 21.6 Å². The molecule has 0 bridgehead atoms. The number of hydrogen-bond acceptors (Lipinski definition) is 5. The number of nitrogens with two attached hydrogens (primary N) is 1. The van der Waals surface area contributed by atoms with Crippen LogP contribution in [0.4, 0.5) is 0 Å². The van der Waals surface area contributed by atoms with Crippen molar-refractivity contribution in [1.82, 2.24) is 0 Å². The van der Waals surface area contributed by atoms with Crippen LogP contribution in [0.2, 0.25) is 0 Å². The van der Waals surface area contributed by atoms with Gasteiger partial charge in [-0.2, -0.15) is 0 Å². The molecule has 2 unspecified atom stereocenters. The van der Waals surface area contributed by atoms with E-state index in [2.05, 4.69) is 9.05 Å². The quantitative estimate of drug-likeness (QED) is 0.482. The Hall–Kier alpha value is -0.0000000000000000763. The topological polar surface area (TPSA) is 119 Å². The molecule has 0 aromatic heterocycles. The molecule has 17 heavy (non-hydrogen) atoms. The van der Waals surface area contributed by atoms with Gasteiger partial charge >= 0.3 is 16.5 Å². The van der Waals surface area contributed by atoms with Crippen molar-refractivity contribution in [3.63, 3.8) is 0 Å². The summed E-state index contributed by atoms with van der Waals surface area (Å²) in [6.45, 7) is 6.88. The fraction of sp³-hybridized carbons (Fsp3) is 1.00. The third-order valence-electron chi connectivity index (χ3n) is 1.92. The molecule has 4 N–H and O–H groups in total. The van der Waals surface area contributed by atoms with Gasteiger partial charge in [0.05, 0.1) is 0 Å². The smallest absolute Gasteiger partial charge is 0.326 e. The molecule has 100 valence electrons.